The van der Waals surface area contributed by atoms with Crippen LogP contribution in [0.15, 0.2) is 47.3 Å². The Labute approximate surface area is 149 Å². The lowest BCUT2D eigenvalue weighted by molar-refractivity contribution is 0.0718. The molecule has 0 aliphatic carbocycles. The Morgan fingerprint density at radius 3 is 2.52 bits per heavy atom. The summed E-state index contributed by atoms with van der Waals surface area (Å²) >= 11 is 15.3. The average molecular weight is 414 g/mol. The van der Waals surface area contributed by atoms with Crippen LogP contribution < -0.4 is 4.74 Å². The first-order chi connectivity index (χ1) is 11.1. The largest absolute Gasteiger partial charge is 0.401 e. The van der Waals surface area contributed by atoms with E-state index in [9.17, 15) is 4.79 Å². The van der Waals surface area contributed by atoms with Crippen molar-refractivity contribution in [2.45, 2.75) is 0 Å². The number of carbonyl (C=O) groups is 1. The maximum atomic E-state index is 12.4. The zero-order valence-corrected chi connectivity index (χ0v) is 14.4. The SMILES string of the molecule is O=C(Oc1ncccc1Cl)c1cc(Br)nn1-c1ncccc1Cl. The van der Waals surface area contributed by atoms with Gasteiger partial charge in [0.2, 0.25) is 5.88 Å². The van der Waals surface area contributed by atoms with E-state index in [4.69, 9.17) is 27.9 Å². The van der Waals surface area contributed by atoms with Crippen LogP contribution in [0.25, 0.3) is 5.82 Å². The van der Waals surface area contributed by atoms with Crippen LogP contribution in [-0.4, -0.2) is 25.7 Å². The van der Waals surface area contributed by atoms with E-state index in [-0.39, 0.29) is 16.6 Å². The van der Waals surface area contributed by atoms with Crippen LogP contribution in [0.5, 0.6) is 5.88 Å². The van der Waals surface area contributed by atoms with Gasteiger partial charge < -0.3 is 4.74 Å². The van der Waals surface area contributed by atoms with Gasteiger partial charge in [0, 0.05) is 18.5 Å². The summed E-state index contributed by atoms with van der Waals surface area (Å²) in [4.78, 5) is 20.5. The fourth-order valence-electron chi connectivity index (χ4n) is 1.78. The van der Waals surface area contributed by atoms with E-state index in [0.29, 0.717) is 15.4 Å². The van der Waals surface area contributed by atoms with E-state index in [0.717, 1.165) is 0 Å². The smallest absolute Gasteiger partial charge is 0.363 e. The van der Waals surface area contributed by atoms with E-state index in [2.05, 4.69) is 31.0 Å². The summed E-state index contributed by atoms with van der Waals surface area (Å²) < 4.78 is 6.92. The number of carbonyl (C=O) groups excluding carboxylic acids is 1. The molecule has 0 radical (unpaired) electrons. The molecule has 3 heterocycles. The maximum Gasteiger partial charge on any atom is 0.363 e. The van der Waals surface area contributed by atoms with E-state index in [1.54, 1.807) is 30.5 Å². The molecule has 0 aliphatic heterocycles. The van der Waals surface area contributed by atoms with E-state index in [1.807, 2.05) is 0 Å². The molecule has 116 valence electrons. The molecule has 0 fully saturated rings. The van der Waals surface area contributed by atoms with Gasteiger partial charge in [-0.2, -0.15) is 5.10 Å². The lowest BCUT2D eigenvalue weighted by atomic mass is 10.4. The monoisotopic (exact) mass is 412 g/mol. The maximum absolute atomic E-state index is 12.4. The van der Waals surface area contributed by atoms with Gasteiger partial charge in [0.1, 0.15) is 9.63 Å². The molecule has 0 amide bonds. The molecule has 0 spiro atoms. The molecule has 0 N–H and O–H groups in total. The Balaban J connectivity index is 1.99. The Kier molecular flexibility index (Phi) is 4.61. The normalized spacial score (nSPS) is 10.6. The van der Waals surface area contributed by atoms with Gasteiger partial charge in [-0.1, -0.05) is 23.2 Å². The summed E-state index contributed by atoms with van der Waals surface area (Å²) in [6.07, 6.45) is 3.01. The van der Waals surface area contributed by atoms with Crippen LogP contribution in [0.2, 0.25) is 10.0 Å². The summed E-state index contributed by atoms with van der Waals surface area (Å²) in [6.45, 7) is 0. The van der Waals surface area contributed by atoms with Crippen LogP contribution in [-0.2, 0) is 0 Å². The zero-order chi connectivity index (χ0) is 16.4. The number of pyridine rings is 2. The molecule has 0 aromatic carbocycles. The highest BCUT2D eigenvalue weighted by Gasteiger charge is 2.21. The number of hydrogen-bond donors (Lipinski definition) is 0. The number of rotatable bonds is 3. The van der Waals surface area contributed by atoms with Crippen molar-refractivity contribution in [3.05, 3.63) is 63.1 Å². The number of esters is 1. The quantitative estimate of drug-likeness (QED) is 0.608. The number of nitrogens with zero attached hydrogens (tertiary/aromatic N) is 4. The van der Waals surface area contributed by atoms with Crippen molar-refractivity contribution < 1.29 is 9.53 Å². The van der Waals surface area contributed by atoms with Gasteiger partial charge in [0.15, 0.2) is 11.5 Å². The third-order valence-corrected chi connectivity index (χ3v) is 3.71. The first-order valence-electron chi connectivity index (χ1n) is 6.25. The number of aromatic nitrogens is 4. The van der Waals surface area contributed by atoms with Crippen LogP contribution >= 0.6 is 39.1 Å². The minimum Gasteiger partial charge on any atom is -0.401 e. The van der Waals surface area contributed by atoms with Gasteiger partial charge in [0.25, 0.3) is 0 Å². The third kappa shape index (κ3) is 3.36. The molecule has 9 heteroatoms. The van der Waals surface area contributed by atoms with E-state index in [1.165, 1.54) is 16.9 Å². The Bertz CT molecular complexity index is 885. The first kappa shape index (κ1) is 15.9. The molecule has 0 atom stereocenters. The summed E-state index contributed by atoms with van der Waals surface area (Å²) in [6, 6.07) is 8.01. The fraction of sp³-hybridized carbons (Fsp3) is 0. The highest BCUT2D eigenvalue weighted by molar-refractivity contribution is 9.10. The summed E-state index contributed by atoms with van der Waals surface area (Å²) in [7, 11) is 0. The van der Waals surface area contributed by atoms with Crippen molar-refractivity contribution >= 4 is 45.1 Å². The van der Waals surface area contributed by atoms with Crippen LogP contribution in [0.1, 0.15) is 10.5 Å². The van der Waals surface area contributed by atoms with Crippen molar-refractivity contribution in [2.24, 2.45) is 0 Å². The van der Waals surface area contributed by atoms with Crippen molar-refractivity contribution in [2.75, 3.05) is 0 Å². The lowest BCUT2D eigenvalue weighted by Gasteiger charge is -2.08. The molecular formula is C14H7BrCl2N4O2. The minimum atomic E-state index is -0.689. The highest BCUT2D eigenvalue weighted by Crippen LogP contribution is 2.24. The second kappa shape index (κ2) is 6.66. The van der Waals surface area contributed by atoms with Gasteiger partial charge in [-0.05, 0) is 40.2 Å². The van der Waals surface area contributed by atoms with Crippen LogP contribution in [0, 0.1) is 0 Å². The zero-order valence-electron chi connectivity index (χ0n) is 11.3. The van der Waals surface area contributed by atoms with Gasteiger partial charge in [-0.15, -0.1) is 0 Å². The molecular weight excluding hydrogens is 407 g/mol. The predicted octanol–water partition coefficient (Wildman–Crippen LogP) is 3.95. The van der Waals surface area contributed by atoms with Gasteiger partial charge in [-0.3, -0.25) is 0 Å². The number of halogens is 3. The predicted molar refractivity (Wildman–Crippen MR) is 88.3 cm³/mol. The molecule has 0 saturated carbocycles. The van der Waals surface area contributed by atoms with Crippen LogP contribution in [0.3, 0.4) is 0 Å². The minimum absolute atomic E-state index is 0.00940. The average Bonchev–Trinajstić information content (AvgIpc) is 2.92. The van der Waals surface area contributed by atoms with E-state index < -0.39 is 5.97 Å². The molecule has 3 aromatic rings. The molecule has 23 heavy (non-hydrogen) atoms. The molecule has 0 unspecified atom stereocenters. The Hall–Kier alpha value is -1.96. The standard InChI is InChI=1S/C14H7BrCl2N4O2/c15-11-7-10(14(22)23-13-9(17)4-2-6-19-13)21(20-11)12-8(16)3-1-5-18-12/h1-7H. The van der Waals surface area contributed by atoms with Gasteiger partial charge in [-0.25, -0.2) is 19.4 Å². The van der Waals surface area contributed by atoms with Crippen molar-refractivity contribution in [1.29, 1.82) is 0 Å². The first-order valence-corrected chi connectivity index (χ1v) is 7.80. The topological polar surface area (TPSA) is 69.9 Å². The van der Waals surface area contributed by atoms with Gasteiger partial charge in [0.05, 0.1) is 5.02 Å². The summed E-state index contributed by atoms with van der Waals surface area (Å²) in [5, 5.41) is 4.72. The molecule has 3 aromatic heterocycles. The molecule has 0 saturated heterocycles. The van der Waals surface area contributed by atoms with Crippen molar-refractivity contribution in [3.63, 3.8) is 0 Å². The van der Waals surface area contributed by atoms with Gasteiger partial charge >= 0.3 is 5.97 Å². The van der Waals surface area contributed by atoms with Crippen molar-refractivity contribution in [1.82, 2.24) is 19.7 Å². The molecule has 6 nitrogen and oxygen atoms in total. The lowest BCUT2D eigenvalue weighted by Crippen LogP contribution is -2.16. The summed E-state index contributed by atoms with van der Waals surface area (Å²) in [5.41, 5.74) is 0.124. The number of hydrogen-bond acceptors (Lipinski definition) is 5. The number of ether oxygens (including phenoxy) is 1. The fourth-order valence-corrected chi connectivity index (χ4v) is 2.52. The molecule has 0 aliphatic rings. The van der Waals surface area contributed by atoms with E-state index >= 15 is 0 Å². The summed E-state index contributed by atoms with van der Waals surface area (Å²) in [5.74, 6) is -0.375. The van der Waals surface area contributed by atoms with Crippen LogP contribution in [0.4, 0.5) is 0 Å². The second-order valence-electron chi connectivity index (χ2n) is 4.25. The molecule has 3 rings (SSSR count). The molecule has 0 bridgehead atoms. The van der Waals surface area contributed by atoms with Crippen molar-refractivity contribution in [3.8, 4) is 11.7 Å². The second-order valence-corrected chi connectivity index (χ2v) is 5.88. The Morgan fingerprint density at radius 1 is 1.13 bits per heavy atom. The Morgan fingerprint density at radius 2 is 1.83 bits per heavy atom. The third-order valence-electron chi connectivity index (χ3n) is 2.74. The highest BCUT2D eigenvalue weighted by atomic mass is 79.9.